The van der Waals surface area contributed by atoms with E-state index in [9.17, 15) is 5.11 Å². The highest BCUT2D eigenvalue weighted by Gasteiger charge is 2.08. The van der Waals surface area contributed by atoms with Crippen molar-refractivity contribution >= 4 is 11.3 Å². The standard InChI is InChI=1S/C13H16N2O2S/c1-9(13-14-5-6-18-13)15-8-10-3-4-12(17-2)11(16)7-10/h3-7,9,15-16H,8H2,1-2H3. The molecule has 1 aromatic carbocycles. The number of phenols is 1. The van der Waals surface area contributed by atoms with E-state index in [4.69, 9.17) is 4.74 Å². The fourth-order valence-electron chi connectivity index (χ4n) is 1.65. The summed E-state index contributed by atoms with van der Waals surface area (Å²) >= 11 is 1.63. The molecule has 5 heteroatoms. The molecule has 0 radical (unpaired) electrons. The van der Waals surface area contributed by atoms with Gasteiger partial charge in [-0.05, 0) is 24.6 Å². The van der Waals surface area contributed by atoms with Crippen LogP contribution >= 0.6 is 11.3 Å². The summed E-state index contributed by atoms with van der Waals surface area (Å²) in [6.07, 6.45) is 1.80. The van der Waals surface area contributed by atoms with Crippen LogP contribution in [0.15, 0.2) is 29.8 Å². The highest BCUT2D eigenvalue weighted by molar-refractivity contribution is 7.09. The van der Waals surface area contributed by atoms with Gasteiger partial charge in [-0.15, -0.1) is 11.3 Å². The number of nitrogens with one attached hydrogen (secondary N) is 1. The van der Waals surface area contributed by atoms with Gasteiger partial charge >= 0.3 is 0 Å². The maximum atomic E-state index is 9.68. The number of rotatable bonds is 5. The van der Waals surface area contributed by atoms with E-state index in [2.05, 4.69) is 17.2 Å². The van der Waals surface area contributed by atoms with Crippen LogP contribution in [0, 0.1) is 0 Å². The van der Waals surface area contributed by atoms with Crippen molar-refractivity contribution in [2.75, 3.05) is 7.11 Å². The van der Waals surface area contributed by atoms with Crippen LogP contribution < -0.4 is 10.1 Å². The lowest BCUT2D eigenvalue weighted by Gasteiger charge is -2.12. The summed E-state index contributed by atoms with van der Waals surface area (Å²) in [6.45, 7) is 2.75. The fraction of sp³-hybridized carbons (Fsp3) is 0.308. The fourth-order valence-corrected chi connectivity index (χ4v) is 2.32. The first-order valence-electron chi connectivity index (χ1n) is 5.69. The Kier molecular flexibility index (Phi) is 4.17. The lowest BCUT2D eigenvalue weighted by Crippen LogP contribution is -2.17. The van der Waals surface area contributed by atoms with Crippen molar-refractivity contribution in [3.8, 4) is 11.5 Å². The molecule has 0 amide bonds. The van der Waals surface area contributed by atoms with E-state index in [1.54, 1.807) is 29.7 Å². The molecule has 2 aromatic rings. The summed E-state index contributed by atoms with van der Waals surface area (Å²) in [6, 6.07) is 5.61. The van der Waals surface area contributed by atoms with Gasteiger partial charge in [0.1, 0.15) is 5.01 Å². The second kappa shape index (κ2) is 5.84. The molecule has 0 aliphatic heterocycles. The van der Waals surface area contributed by atoms with Crippen LogP contribution in [-0.4, -0.2) is 17.2 Å². The number of hydrogen-bond donors (Lipinski definition) is 2. The molecule has 2 N–H and O–H groups in total. The molecule has 4 nitrogen and oxygen atoms in total. The summed E-state index contributed by atoms with van der Waals surface area (Å²) in [4.78, 5) is 4.26. The summed E-state index contributed by atoms with van der Waals surface area (Å²) < 4.78 is 5.01. The Morgan fingerprint density at radius 2 is 2.33 bits per heavy atom. The molecule has 1 aromatic heterocycles. The Morgan fingerprint density at radius 1 is 1.50 bits per heavy atom. The number of aromatic hydroxyl groups is 1. The van der Waals surface area contributed by atoms with Gasteiger partial charge in [-0.2, -0.15) is 0 Å². The zero-order valence-corrected chi connectivity index (χ0v) is 11.2. The number of methoxy groups -OCH3 is 1. The van der Waals surface area contributed by atoms with Crippen LogP contribution in [0.1, 0.15) is 23.5 Å². The first kappa shape index (κ1) is 12.9. The zero-order valence-electron chi connectivity index (χ0n) is 10.4. The van der Waals surface area contributed by atoms with E-state index in [1.165, 1.54) is 7.11 Å². The van der Waals surface area contributed by atoms with Crippen molar-refractivity contribution in [2.45, 2.75) is 19.5 Å². The molecule has 0 saturated carbocycles. The highest BCUT2D eigenvalue weighted by Crippen LogP contribution is 2.26. The Morgan fingerprint density at radius 3 is 2.94 bits per heavy atom. The molecule has 18 heavy (non-hydrogen) atoms. The minimum absolute atomic E-state index is 0.165. The number of thiazole rings is 1. The molecule has 96 valence electrons. The van der Waals surface area contributed by atoms with Crippen molar-refractivity contribution in [1.29, 1.82) is 0 Å². The van der Waals surface area contributed by atoms with Crippen LogP contribution in [0.2, 0.25) is 0 Å². The van der Waals surface area contributed by atoms with Crippen molar-refractivity contribution in [3.05, 3.63) is 40.3 Å². The van der Waals surface area contributed by atoms with Gasteiger partial charge in [-0.1, -0.05) is 6.07 Å². The zero-order chi connectivity index (χ0) is 13.0. The number of ether oxygens (including phenoxy) is 1. The summed E-state index contributed by atoms with van der Waals surface area (Å²) in [7, 11) is 1.54. The maximum absolute atomic E-state index is 9.68. The van der Waals surface area contributed by atoms with Crippen LogP contribution in [0.4, 0.5) is 0 Å². The molecule has 1 atom stereocenters. The van der Waals surface area contributed by atoms with Gasteiger partial charge in [0, 0.05) is 18.1 Å². The number of benzene rings is 1. The molecule has 0 aliphatic carbocycles. The van der Waals surface area contributed by atoms with E-state index < -0.39 is 0 Å². The lowest BCUT2D eigenvalue weighted by atomic mass is 10.2. The van der Waals surface area contributed by atoms with Crippen molar-refractivity contribution < 1.29 is 9.84 Å². The highest BCUT2D eigenvalue weighted by atomic mass is 32.1. The third-order valence-electron chi connectivity index (χ3n) is 2.68. The Bertz CT molecular complexity index is 500. The van der Waals surface area contributed by atoms with Crippen LogP contribution in [0.5, 0.6) is 11.5 Å². The van der Waals surface area contributed by atoms with Crippen LogP contribution in [0.3, 0.4) is 0 Å². The summed E-state index contributed by atoms with van der Waals surface area (Å²) in [5, 5.41) is 16.1. The first-order chi connectivity index (χ1) is 8.70. The molecule has 0 fully saturated rings. The monoisotopic (exact) mass is 264 g/mol. The Hall–Kier alpha value is -1.59. The molecule has 2 rings (SSSR count). The largest absolute Gasteiger partial charge is 0.504 e. The Labute approximate surface area is 110 Å². The van der Waals surface area contributed by atoms with E-state index >= 15 is 0 Å². The SMILES string of the molecule is COc1ccc(CNC(C)c2nccs2)cc1O. The lowest BCUT2D eigenvalue weighted by molar-refractivity contribution is 0.373. The van der Waals surface area contributed by atoms with Gasteiger partial charge in [-0.3, -0.25) is 0 Å². The molecule has 0 bridgehead atoms. The third-order valence-corrected chi connectivity index (χ3v) is 3.64. The number of aromatic nitrogens is 1. The average molecular weight is 264 g/mol. The summed E-state index contributed by atoms with van der Waals surface area (Å²) in [5.41, 5.74) is 1.01. The van der Waals surface area contributed by atoms with Gasteiger partial charge in [0.2, 0.25) is 0 Å². The number of hydrogen-bond acceptors (Lipinski definition) is 5. The predicted molar refractivity (Wildman–Crippen MR) is 72.0 cm³/mol. The minimum Gasteiger partial charge on any atom is -0.504 e. The predicted octanol–water partition coefficient (Wildman–Crippen LogP) is 2.71. The van der Waals surface area contributed by atoms with E-state index in [-0.39, 0.29) is 11.8 Å². The van der Waals surface area contributed by atoms with Crippen molar-refractivity contribution in [3.63, 3.8) is 0 Å². The van der Waals surface area contributed by atoms with E-state index in [0.717, 1.165) is 10.6 Å². The van der Waals surface area contributed by atoms with Gasteiger partial charge < -0.3 is 15.2 Å². The quantitative estimate of drug-likeness (QED) is 0.872. The minimum atomic E-state index is 0.165. The second-order valence-corrected chi connectivity index (χ2v) is 4.91. The smallest absolute Gasteiger partial charge is 0.160 e. The normalized spacial score (nSPS) is 12.3. The topological polar surface area (TPSA) is 54.4 Å². The van der Waals surface area contributed by atoms with Gasteiger partial charge in [0.15, 0.2) is 11.5 Å². The van der Waals surface area contributed by atoms with Crippen molar-refractivity contribution in [1.82, 2.24) is 10.3 Å². The molecule has 1 heterocycles. The maximum Gasteiger partial charge on any atom is 0.160 e. The molecule has 0 saturated heterocycles. The average Bonchev–Trinajstić information content (AvgIpc) is 2.90. The first-order valence-corrected chi connectivity index (χ1v) is 6.57. The van der Waals surface area contributed by atoms with Crippen molar-refractivity contribution in [2.24, 2.45) is 0 Å². The number of phenolic OH excluding ortho intramolecular Hbond substituents is 1. The van der Waals surface area contributed by atoms with Crippen LogP contribution in [0.25, 0.3) is 0 Å². The van der Waals surface area contributed by atoms with E-state index in [1.807, 2.05) is 11.4 Å². The molecule has 0 spiro atoms. The van der Waals surface area contributed by atoms with Gasteiger partial charge in [0.25, 0.3) is 0 Å². The molecular weight excluding hydrogens is 248 g/mol. The van der Waals surface area contributed by atoms with Gasteiger partial charge in [0.05, 0.1) is 13.2 Å². The molecule has 0 aliphatic rings. The second-order valence-electron chi connectivity index (χ2n) is 3.98. The third kappa shape index (κ3) is 3.00. The molecular formula is C13H16N2O2S. The number of nitrogens with zero attached hydrogens (tertiary/aromatic N) is 1. The van der Waals surface area contributed by atoms with Gasteiger partial charge in [-0.25, -0.2) is 4.98 Å². The summed E-state index contributed by atoms with van der Waals surface area (Å²) in [5.74, 6) is 0.658. The van der Waals surface area contributed by atoms with Crippen LogP contribution in [-0.2, 0) is 6.54 Å². The Balaban J connectivity index is 1.96. The van der Waals surface area contributed by atoms with E-state index in [0.29, 0.717) is 12.3 Å². The molecule has 1 unspecified atom stereocenters.